The average Bonchev–Trinajstić information content (AvgIpc) is 3.92. The number of benzene rings is 1. The van der Waals surface area contributed by atoms with Gasteiger partial charge in [-0.3, -0.25) is 9.69 Å². The SMILES string of the molecule is CC[C@H]1OC(=O)[C@H](C)[C@@H](C2C[C@@](C)(OC)[C@@H](O)[C@H](C)O2)[C@H](C)[C@@H](O[C@@H]2O[C@H](C)C[C@H](N(C)CCc3cn(C[C@H]4CN(c5cc(F)cc(F)c5)C(=O)O4)nn3)[C@H]2O)[C@](C)(O)C[C@@H](C)CN(C)[C@H](C)[C@@H](O)[C@]1(C)O. The van der Waals surface area contributed by atoms with E-state index in [1.807, 2.05) is 44.7 Å². The minimum absolute atomic E-state index is 0.0500. The van der Waals surface area contributed by atoms with E-state index >= 15 is 0 Å². The Morgan fingerprint density at radius 2 is 1.60 bits per heavy atom. The number of aromatic nitrogens is 3. The summed E-state index contributed by atoms with van der Waals surface area (Å²) in [6.07, 6.45) is -7.10. The van der Waals surface area contributed by atoms with Crippen LogP contribution in [0.3, 0.4) is 0 Å². The number of nitrogens with zero attached hydrogens (tertiary/aromatic N) is 6. The van der Waals surface area contributed by atoms with Gasteiger partial charge in [-0.25, -0.2) is 18.3 Å². The van der Waals surface area contributed by atoms with E-state index in [0.717, 1.165) is 23.1 Å². The standard InChI is InChI=1S/C51H82F2N6O13/c1-14-40-51(10,66)43(61)31(6)57(12)23-27(2)21-49(8,65)45(29(4)41(30(5)46(63)71-40)39-22-50(9,67-13)44(62)32(7)69-39)72-47-42(60)38(17-28(3)68-47)56(11)16-15-35-24-58(55-54-35)25-37-26-59(48(64)70-37)36-19-33(52)18-34(53)20-36/h18-20,24,27-32,37-45,47,60-62,65-66H,14-17,21-23,25-26H2,1-13H3/t27-,28-,29+,30-,31-,32+,37+,38+,39?,40-,41+,42-,43-,44+,45-,47+,49-,50-,51-/m1/s1. The molecular formula is C51H82F2N6O13. The van der Waals surface area contributed by atoms with Crippen molar-refractivity contribution in [2.24, 2.45) is 23.7 Å². The van der Waals surface area contributed by atoms with E-state index in [4.69, 9.17) is 28.4 Å². The highest BCUT2D eigenvalue weighted by molar-refractivity contribution is 5.89. The molecule has 5 N–H and O–H groups in total. The van der Waals surface area contributed by atoms with Gasteiger partial charge in [-0.15, -0.1) is 5.10 Å². The number of hydrogen-bond acceptors (Lipinski definition) is 17. The van der Waals surface area contributed by atoms with Crippen molar-refractivity contribution in [3.8, 4) is 0 Å². The first-order valence-electron chi connectivity index (χ1n) is 25.5. The number of likely N-dealkylation sites (N-methyl/N-ethyl adjacent to an activating group) is 2. The summed E-state index contributed by atoms with van der Waals surface area (Å²) in [7, 11) is 5.22. The maximum absolute atomic E-state index is 14.6. The third-order valence-corrected chi connectivity index (χ3v) is 16.2. The highest BCUT2D eigenvalue weighted by Gasteiger charge is 2.55. The second-order valence-electron chi connectivity index (χ2n) is 22.2. The van der Waals surface area contributed by atoms with Crippen LogP contribution in [0.2, 0.25) is 0 Å². The van der Waals surface area contributed by atoms with Gasteiger partial charge in [0.2, 0.25) is 0 Å². The summed E-state index contributed by atoms with van der Waals surface area (Å²) in [6.45, 7) is 18.7. The van der Waals surface area contributed by atoms with E-state index in [0.29, 0.717) is 31.6 Å². The van der Waals surface area contributed by atoms with Crippen LogP contribution in [0.5, 0.6) is 0 Å². The van der Waals surface area contributed by atoms with Gasteiger partial charge in [0.05, 0.1) is 66.0 Å². The van der Waals surface area contributed by atoms with Crippen molar-refractivity contribution in [1.82, 2.24) is 24.8 Å². The molecule has 19 atom stereocenters. The van der Waals surface area contributed by atoms with Crippen LogP contribution in [0.1, 0.15) is 101 Å². The Labute approximate surface area is 423 Å². The Balaban J connectivity index is 1.24. The van der Waals surface area contributed by atoms with E-state index in [1.165, 1.54) is 18.7 Å². The minimum Gasteiger partial charge on any atom is -0.459 e. The molecule has 408 valence electrons. The number of hydrogen-bond donors (Lipinski definition) is 5. The number of ether oxygens (including phenoxy) is 6. The number of rotatable bonds is 12. The van der Waals surface area contributed by atoms with Gasteiger partial charge in [-0.2, -0.15) is 0 Å². The lowest BCUT2D eigenvalue weighted by atomic mass is 9.68. The van der Waals surface area contributed by atoms with Crippen molar-refractivity contribution >= 4 is 17.7 Å². The van der Waals surface area contributed by atoms with Gasteiger partial charge in [0.1, 0.15) is 47.8 Å². The molecule has 4 aliphatic rings. The number of carbonyl (C=O) groups is 2. The van der Waals surface area contributed by atoms with Gasteiger partial charge in [0, 0.05) is 63.3 Å². The molecule has 4 fully saturated rings. The molecule has 1 aromatic heterocycles. The summed E-state index contributed by atoms with van der Waals surface area (Å²) >= 11 is 0. The molecular weight excluding hydrogens is 943 g/mol. The molecule has 4 saturated heterocycles. The molecule has 72 heavy (non-hydrogen) atoms. The van der Waals surface area contributed by atoms with Crippen molar-refractivity contribution in [3.05, 3.63) is 41.7 Å². The summed E-state index contributed by atoms with van der Waals surface area (Å²) in [5, 5.41) is 68.6. The van der Waals surface area contributed by atoms with E-state index in [9.17, 15) is 43.9 Å². The highest BCUT2D eigenvalue weighted by atomic mass is 19.1. The average molecular weight is 1030 g/mol. The Kier molecular flexibility index (Phi) is 18.6. The highest BCUT2D eigenvalue weighted by Crippen LogP contribution is 2.45. The molecule has 0 saturated carbocycles. The molecule has 0 radical (unpaired) electrons. The summed E-state index contributed by atoms with van der Waals surface area (Å²) in [4.78, 5) is 32.3. The Hall–Kier alpha value is -3.48. The fourth-order valence-electron chi connectivity index (χ4n) is 11.9. The normalized spacial score (nSPS) is 41.2. The number of cyclic esters (lactones) is 2. The monoisotopic (exact) mass is 1020 g/mol. The molecule has 1 amide bonds. The molecule has 0 spiro atoms. The van der Waals surface area contributed by atoms with Crippen LogP contribution in [-0.2, 0) is 46.2 Å². The number of halogens is 2. The molecule has 6 rings (SSSR count). The van der Waals surface area contributed by atoms with E-state index in [-0.39, 0.29) is 44.0 Å². The predicted molar refractivity (Wildman–Crippen MR) is 259 cm³/mol. The molecule has 4 aliphatic heterocycles. The molecule has 21 heteroatoms. The molecule has 1 aromatic carbocycles. The summed E-state index contributed by atoms with van der Waals surface area (Å²) < 4.78 is 66.9. The Morgan fingerprint density at radius 1 is 0.931 bits per heavy atom. The van der Waals surface area contributed by atoms with Gasteiger partial charge in [0.15, 0.2) is 6.29 Å². The third kappa shape index (κ3) is 12.8. The number of aliphatic hydroxyl groups excluding tert-OH is 3. The number of methoxy groups -OCH3 is 1. The number of aliphatic hydroxyl groups is 5. The van der Waals surface area contributed by atoms with Crippen LogP contribution in [0.25, 0.3) is 0 Å². The smallest absolute Gasteiger partial charge is 0.414 e. The van der Waals surface area contributed by atoms with E-state index in [2.05, 4.69) is 10.3 Å². The fraction of sp³-hybridized carbons (Fsp3) is 0.804. The second kappa shape index (κ2) is 23.2. The molecule has 19 nitrogen and oxygen atoms in total. The third-order valence-electron chi connectivity index (χ3n) is 16.2. The zero-order valence-corrected chi connectivity index (χ0v) is 44.4. The number of esters is 1. The summed E-state index contributed by atoms with van der Waals surface area (Å²) in [6, 6.07) is 1.78. The largest absolute Gasteiger partial charge is 0.459 e. The Bertz CT molecular complexity index is 2120. The van der Waals surface area contributed by atoms with Gasteiger partial charge in [-0.05, 0) is 98.9 Å². The quantitative estimate of drug-likeness (QED) is 0.191. The summed E-state index contributed by atoms with van der Waals surface area (Å²) in [5.74, 6) is -4.93. The fourth-order valence-corrected chi connectivity index (χ4v) is 11.9. The molecule has 2 aromatic rings. The molecule has 0 bridgehead atoms. The first-order valence-corrected chi connectivity index (χ1v) is 25.5. The van der Waals surface area contributed by atoms with Gasteiger partial charge < -0.3 is 63.8 Å². The first-order chi connectivity index (χ1) is 33.6. The minimum atomic E-state index is -1.84. The lowest BCUT2D eigenvalue weighted by molar-refractivity contribution is -0.302. The van der Waals surface area contributed by atoms with E-state index < -0.39 is 132 Å². The van der Waals surface area contributed by atoms with Crippen LogP contribution in [0, 0.1) is 35.3 Å². The van der Waals surface area contributed by atoms with Gasteiger partial charge in [-0.1, -0.05) is 32.9 Å². The number of anilines is 1. The van der Waals surface area contributed by atoms with Crippen molar-refractivity contribution in [2.45, 2.75) is 198 Å². The molecule has 0 aliphatic carbocycles. The second-order valence-corrected chi connectivity index (χ2v) is 22.2. The molecule has 1 unspecified atom stereocenters. The number of carbonyl (C=O) groups excluding carboxylic acids is 2. The maximum Gasteiger partial charge on any atom is 0.414 e. The van der Waals surface area contributed by atoms with Crippen LogP contribution < -0.4 is 4.90 Å². The zero-order valence-electron chi connectivity index (χ0n) is 44.4. The topological polar surface area (TPSA) is 231 Å². The molecule has 5 heterocycles. The van der Waals surface area contributed by atoms with Crippen LogP contribution in [0.15, 0.2) is 24.4 Å². The van der Waals surface area contributed by atoms with Crippen molar-refractivity contribution in [3.63, 3.8) is 0 Å². The first kappa shape index (κ1) is 57.8. The van der Waals surface area contributed by atoms with Crippen molar-refractivity contribution < 1.29 is 72.3 Å². The number of amides is 1. The van der Waals surface area contributed by atoms with Crippen LogP contribution >= 0.6 is 0 Å². The predicted octanol–water partition coefficient (Wildman–Crippen LogP) is 3.68. The van der Waals surface area contributed by atoms with E-state index in [1.54, 1.807) is 47.7 Å². The van der Waals surface area contributed by atoms with Gasteiger partial charge >= 0.3 is 12.1 Å². The maximum atomic E-state index is 14.6. The van der Waals surface area contributed by atoms with Crippen molar-refractivity contribution in [1.29, 1.82) is 0 Å². The summed E-state index contributed by atoms with van der Waals surface area (Å²) in [5.41, 5.74) is -3.87. The Morgan fingerprint density at radius 3 is 2.24 bits per heavy atom. The lowest BCUT2D eigenvalue weighted by Gasteiger charge is -2.51. The van der Waals surface area contributed by atoms with Crippen molar-refractivity contribution in [2.75, 3.05) is 45.7 Å². The van der Waals surface area contributed by atoms with Crippen LogP contribution in [0.4, 0.5) is 19.3 Å². The lowest BCUT2D eigenvalue weighted by Crippen LogP contribution is -2.62. The van der Waals surface area contributed by atoms with Crippen LogP contribution in [-0.4, -0.2) is 193 Å². The van der Waals surface area contributed by atoms with Gasteiger partial charge in [0.25, 0.3) is 0 Å². The zero-order chi connectivity index (χ0) is 53.4.